The molecule has 1 fully saturated rings. The van der Waals surface area contributed by atoms with Gasteiger partial charge in [-0.15, -0.1) is 0 Å². The van der Waals surface area contributed by atoms with Crippen LogP contribution in [0.1, 0.15) is 19.0 Å². The van der Waals surface area contributed by atoms with Crippen molar-refractivity contribution >= 4 is 17.4 Å². The second-order valence-corrected chi connectivity index (χ2v) is 5.33. The molecule has 1 atom stereocenters. The highest BCUT2D eigenvalue weighted by Crippen LogP contribution is 2.23. The Labute approximate surface area is 123 Å². The Morgan fingerprint density at radius 2 is 2.29 bits per heavy atom. The lowest BCUT2D eigenvalue weighted by atomic mass is 10.2. The van der Waals surface area contributed by atoms with Crippen LogP contribution in [0.5, 0.6) is 0 Å². The molecule has 0 bridgehead atoms. The topological polar surface area (TPSA) is 68.0 Å². The molecule has 1 amide bonds. The molecule has 0 saturated carbocycles. The molecule has 7 nitrogen and oxygen atoms in total. The molecule has 112 valence electrons. The Bertz CT molecular complexity index is 658. The second-order valence-electron chi connectivity index (χ2n) is 5.33. The van der Waals surface area contributed by atoms with E-state index in [1.807, 2.05) is 37.8 Å². The third-order valence-electron chi connectivity index (χ3n) is 3.76. The van der Waals surface area contributed by atoms with E-state index in [2.05, 4.69) is 15.5 Å². The van der Waals surface area contributed by atoms with Gasteiger partial charge in [0.05, 0.1) is 17.6 Å². The van der Waals surface area contributed by atoms with Gasteiger partial charge in [-0.2, -0.15) is 10.2 Å². The van der Waals surface area contributed by atoms with Crippen LogP contribution in [0, 0.1) is 6.92 Å². The van der Waals surface area contributed by atoms with Crippen molar-refractivity contribution in [3.8, 4) is 0 Å². The summed E-state index contributed by atoms with van der Waals surface area (Å²) in [5, 5.41) is 11.8. The summed E-state index contributed by atoms with van der Waals surface area (Å²) >= 11 is 0. The molecule has 0 radical (unpaired) electrons. The minimum absolute atomic E-state index is 0.0854. The van der Waals surface area contributed by atoms with Crippen molar-refractivity contribution in [2.75, 3.05) is 16.8 Å². The average molecular weight is 288 g/mol. The SMILES string of the molecule is CCn1cc(NC2CCN(c3cc(C)nn3C)C2=O)cn1. The maximum absolute atomic E-state index is 12.5. The summed E-state index contributed by atoms with van der Waals surface area (Å²) in [5.41, 5.74) is 1.80. The minimum Gasteiger partial charge on any atom is -0.371 e. The molecule has 0 aliphatic carbocycles. The number of carbonyl (C=O) groups excluding carboxylic acids is 1. The van der Waals surface area contributed by atoms with E-state index >= 15 is 0 Å². The highest BCUT2D eigenvalue weighted by molar-refractivity contribution is 6.00. The minimum atomic E-state index is -0.199. The number of hydrogen-bond acceptors (Lipinski definition) is 4. The molecular weight excluding hydrogens is 268 g/mol. The molecule has 3 rings (SSSR count). The van der Waals surface area contributed by atoms with Gasteiger partial charge in [-0.05, 0) is 20.3 Å². The standard InChI is InChI=1S/C14H20N6O/c1-4-19-9-11(8-15-19)16-12-5-6-20(14(12)21)13-7-10(2)17-18(13)3/h7-9,12,16H,4-6H2,1-3H3. The Balaban J connectivity index is 1.73. The number of nitrogens with one attached hydrogen (secondary N) is 1. The van der Waals surface area contributed by atoms with E-state index in [0.29, 0.717) is 6.54 Å². The number of carbonyl (C=O) groups is 1. The maximum Gasteiger partial charge on any atom is 0.250 e. The third kappa shape index (κ3) is 2.51. The molecule has 1 aliphatic heterocycles. The molecule has 7 heteroatoms. The molecule has 1 aliphatic rings. The van der Waals surface area contributed by atoms with Gasteiger partial charge in [0.15, 0.2) is 0 Å². The van der Waals surface area contributed by atoms with E-state index in [1.165, 1.54) is 0 Å². The van der Waals surface area contributed by atoms with Gasteiger partial charge in [0.1, 0.15) is 11.9 Å². The summed E-state index contributed by atoms with van der Waals surface area (Å²) in [7, 11) is 1.86. The van der Waals surface area contributed by atoms with Crippen LogP contribution in [0.2, 0.25) is 0 Å². The van der Waals surface area contributed by atoms with Crippen LogP contribution in [-0.4, -0.2) is 38.1 Å². The van der Waals surface area contributed by atoms with Gasteiger partial charge >= 0.3 is 0 Å². The molecule has 21 heavy (non-hydrogen) atoms. The maximum atomic E-state index is 12.5. The van der Waals surface area contributed by atoms with Gasteiger partial charge in [0, 0.05) is 32.4 Å². The first-order valence-corrected chi connectivity index (χ1v) is 7.19. The van der Waals surface area contributed by atoms with Gasteiger partial charge in [-0.1, -0.05) is 0 Å². The monoisotopic (exact) mass is 288 g/mol. The number of rotatable bonds is 4. The molecule has 2 aromatic heterocycles. The van der Waals surface area contributed by atoms with Gasteiger partial charge < -0.3 is 5.32 Å². The smallest absolute Gasteiger partial charge is 0.250 e. The average Bonchev–Trinajstić information content (AvgIpc) is 3.12. The molecule has 1 unspecified atom stereocenters. The Hall–Kier alpha value is -2.31. The number of hydrogen-bond donors (Lipinski definition) is 1. The van der Waals surface area contributed by atoms with E-state index in [4.69, 9.17) is 0 Å². The van der Waals surface area contributed by atoms with Crippen molar-refractivity contribution in [1.82, 2.24) is 19.6 Å². The zero-order valence-corrected chi connectivity index (χ0v) is 12.6. The third-order valence-corrected chi connectivity index (χ3v) is 3.76. The van der Waals surface area contributed by atoms with Crippen molar-refractivity contribution in [3.63, 3.8) is 0 Å². The van der Waals surface area contributed by atoms with Crippen LogP contribution in [0.25, 0.3) is 0 Å². The number of anilines is 2. The summed E-state index contributed by atoms with van der Waals surface area (Å²) in [6.07, 6.45) is 4.46. The lowest BCUT2D eigenvalue weighted by Crippen LogP contribution is -2.34. The Morgan fingerprint density at radius 1 is 1.48 bits per heavy atom. The fourth-order valence-electron chi connectivity index (χ4n) is 2.70. The molecular formula is C14H20N6O. The molecule has 1 N–H and O–H groups in total. The number of nitrogens with zero attached hydrogens (tertiary/aromatic N) is 5. The van der Waals surface area contributed by atoms with Gasteiger partial charge in [-0.3, -0.25) is 19.1 Å². The van der Waals surface area contributed by atoms with Crippen LogP contribution in [-0.2, 0) is 18.4 Å². The van der Waals surface area contributed by atoms with Crippen molar-refractivity contribution in [3.05, 3.63) is 24.2 Å². The summed E-state index contributed by atoms with van der Waals surface area (Å²) in [6, 6.07) is 1.74. The fraction of sp³-hybridized carbons (Fsp3) is 0.500. The van der Waals surface area contributed by atoms with Crippen molar-refractivity contribution in [2.24, 2.45) is 7.05 Å². The van der Waals surface area contributed by atoms with Crippen LogP contribution in [0.15, 0.2) is 18.5 Å². The summed E-state index contributed by atoms with van der Waals surface area (Å²) in [6.45, 7) is 5.49. The van der Waals surface area contributed by atoms with E-state index in [-0.39, 0.29) is 11.9 Å². The first kappa shape index (κ1) is 13.7. The zero-order chi connectivity index (χ0) is 15.0. The van der Waals surface area contributed by atoms with Gasteiger partial charge in [0.2, 0.25) is 0 Å². The van der Waals surface area contributed by atoms with E-state index in [0.717, 1.165) is 30.2 Å². The lowest BCUT2D eigenvalue weighted by molar-refractivity contribution is -0.117. The molecule has 0 spiro atoms. The van der Waals surface area contributed by atoms with Crippen LogP contribution >= 0.6 is 0 Å². The summed E-state index contributed by atoms with van der Waals surface area (Å²) < 4.78 is 3.59. The predicted molar refractivity (Wildman–Crippen MR) is 80.2 cm³/mol. The van der Waals surface area contributed by atoms with Crippen molar-refractivity contribution in [2.45, 2.75) is 32.9 Å². The highest BCUT2D eigenvalue weighted by Gasteiger charge is 2.34. The normalized spacial score (nSPS) is 18.5. The number of amides is 1. The molecule has 1 saturated heterocycles. The quantitative estimate of drug-likeness (QED) is 0.917. The first-order valence-electron chi connectivity index (χ1n) is 7.19. The van der Waals surface area contributed by atoms with Crippen LogP contribution in [0.4, 0.5) is 11.5 Å². The molecule has 3 heterocycles. The highest BCUT2D eigenvalue weighted by atomic mass is 16.2. The van der Waals surface area contributed by atoms with Crippen LogP contribution < -0.4 is 10.2 Å². The van der Waals surface area contributed by atoms with Gasteiger partial charge in [-0.25, -0.2) is 0 Å². The van der Waals surface area contributed by atoms with Crippen LogP contribution in [0.3, 0.4) is 0 Å². The predicted octanol–water partition coefficient (Wildman–Crippen LogP) is 1.16. The summed E-state index contributed by atoms with van der Waals surface area (Å²) in [4.78, 5) is 14.3. The first-order chi connectivity index (χ1) is 10.1. The molecule has 2 aromatic rings. The molecule has 0 aromatic carbocycles. The van der Waals surface area contributed by atoms with Crippen molar-refractivity contribution in [1.29, 1.82) is 0 Å². The van der Waals surface area contributed by atoms with Crippen molar-refractivity contribution < 1.29 is 4.79 Å². The Morgan fingerprint density at radius 3 is 2.90 bits per heavy atom. The number of aromatic nitrogens is 4. The van der Waals surface area contributed by atoms with Gasteiger partial charge in [0.25, 0.3) is 5.91 Å². The number of aryl methyl sites for hydroxylation is 3. The van der Waals surface area contributed by atoms with E-state index in [1.54, 1.807) is 15.8 Å². The fourth-order valence-corrected chi connectivity index (χ4v) is 2.70. The van der Waals surface area contributed by atoms with E-state index in [9.17, 15) is 4.79 Å². The Kier molecular flexibility index (Phi) is 3.40. The summed E-state index contributed by atoms with van der Waals surface area (Å²) in [5.74, 6) is 0.938. The lowest BCUT2D eigenvalue weighted by Gasteiger charge is -2.16. The second kappa shape index (κ2) is 5.23. The largest absolute Gasteiger partial charge is 0.371 e. The zero-order valence-electron chi connectivity index (χ0n) is 12.6. The van der Waals surface area contributed by atoms with E-state index < -0.39 is 0 Å².